The first-order valence-corrected chi connectivity index (χ1v) is 8.44. The molecule has 0 aliphatic carbocycles. The Bertz CT molecular complexity index is 561. The van der Waals surface area contributed by atoms with Crippen LogP contribution in [0.4, 0.5) is 0 Å². The summed E-state index contributed by atoms with van der Waals surface area (Å²) in [6.45, 7) is 4.85. The van der Waals surface area contributed by atoms with Gasteiger partial charge in [-0.2, -0.15) is 0 Å². The van der Waals surface area contributed by atoms with E-state index in [0.717, 1.165) is 63.5 Å². The van der Waals surface area contributed by atoms with Crippen LogP contribution in [0.3, 0.4) is 0 Å². The lowest BCUT2D eigenvalue weighted by Gasteiger charge is -2.22. The summed E-state index contributed by atoms with van der Waals surface area (Å²) in [7, 11) is 3.38. The average Bonchev–Trinajstić information content (AvgIpc) is 3.21. The first-order chi connectivity index (χ1) is 11.2. The summed E-state index contributed by atoms with van der Waals surface area (Å²) < 4.78 is 11.0. The fourth-order valence-corrected chi connectivity index (χ4v) is 3.73. The van der Waals surface area contributed by atoms with Gasteiger partial charge in [-0.1, -0.05) is 12.1 Å². The van der Waals surface area contributed by atoms with Crippen LogP contribution in [0.2, 0.25) is 0 Å². The highest BCUT2D eigenvalue weighted by molar-refractivity contribution is 5.78. The fraction of sp³-hybridized carbons (Fsp3) is 0.611. The lowest BCUT2D eigenvalue weighted by molar-refractivity contribution is -0.127. The molecule has 2 saturated heterocycles. The van der Waals surface area contributed by atoms with E-state index in [1.807, 2.05) is 17.0 Å². The minimum Gasteiger partial charge on any atom is -0.493 e. The molecule has 0 radical (unpaired) electrons. The number of ether oxygens (including phenoxy) is 2. The van der Waals surface area contributed by atoms with Crippen LogP contribution in [-0.4, -0.2) is 62.7 Å². The van der Waals surface area contributed by atoms with Crippen LogP contribution < -0.4 is 9.47 Å². The van der Waals surface area contributed by atoms with Crippen LogP contribution in [0.5, 0.6) is 11.5 Å². The van der Waals surface area contributed by atoms with Gasteiger partial charge in [0.15, 0.2) is 11.5 Å². The van der Waals surface area contributed by atoms with Gasteiger partial charge < -0.3 is 19.3 Å². The van der Waals surface area contributed by atoms with Crippen LogP contribution in [0, 0.1) is 0 Å². The summed E-state index contributed by atoms with van der Waals surface area (Å²) >= 11 is 0. The van der Waals surface area contributed by atoms with Crippen molar-refractivity contribution < 1.29 is 14.3 Å². The zero-order valence-electron chi connectivity index (χ0n) is 14.1. The van der Waals surface area contributed by atoms with Gasteiger partial charge in [-0.25, -0.2) is 0 Å². The average molecular weight is 318 g/mol. The summed E-state index contributed by atoms with van der Waals surface area (Å²) in [4.78, 5) is 16.1. The predicted octanol–water partition coefficient (Wildman–Crippen LogP) is 2.12. The molecule has 5 heteroatoms. The van der Waals surface area contributed by atoms with Crippen LogP contribution in [0.1, 0.15) is 30.7 Å². The van der Waals surface area contributed by atoms with E-state index in [4.69, 9.17) is 9.47 Å². The molecular formula is C18H26N2O3. The third-order valence-corrected chi connectivity index (χ3v) is 5.00. The zero-order valence-corrected chi connectivity index (χ0v) is 14.1. The molecular weight excluding hydrogens is 292 g/mol. The van der Waals surface area contributed by atoms with Gasteiger partial charge in [-0.15, -0.1) is 0 Å². The summed E-state index contributed by atoms with van der Waals surface area (Å²) in [5.41, 5.74) is 1.23. The van der Waals surface area contributed by atoms with Gasteiger partial charge in [0.05, 0.1) is 14.2 Å². The topological polar surface area (TPSA) is 42.0 Å². The number of nitrogens with zero attached hydrogens (tertiary/aromatic N) is 2. The van der Waals surface area contributed by atoms with Crippen molar-refractivity contribution in [2.75, 3.05) is 46.9 Å². The molecule has 2 fully saturated rings. The Morgan fingerprint density at radius 2 is 2.04 bits per heavy atom. The molecule has 0 unspecified atom stereocenters. The molecule has 0 N–H and O–H groups in total. The van der Waals surface area contributed by atoms with E-state index in [1.54, 1.807) is 14.2 Å². The van der Waals surface area contributed by atoms with Crippen molar-refractivity contribution in [2.45, 2.75) is 25.2 Å². The van der Waals surface area contributed by atoms with Crippen LogP contribution >= 0.6 is 0 Å². The molecule has 2 heterocycles. The molecule has 126 valence electrons. The minimum atomic E-state index is 0.315. The van der Waals surface area contributed by atoms with Gasteiger partial charge in [0, 0.05) is 44.1 Å². The van der Waals surface area contributed by atoms with Gasteiger partial charge in [0.1, 0.15) is 0 Å². The van der Waals surface area contributed by atoms with E-state index in [1.165, 1.54) is 5.56 Å². The van der Waals surface area contributed by atoms with E-state index in [-0.39, 0.29) is 0 Å². The Balaban J connectivity index is 1.60. The van der Waals surface area contributed by atoms with Crippen molar-refractivity contribution in [3.8, 4) is 11.5 Å². The summed E-state index contributed by atoms with van der Waals surface area (Å²) in [5, 5.41) is 0. The largest absolute Gasteiger partial charge is 0.493 e. The number of carbonyl (C=O) groups is 1. The standard InChI is InChI=1S/C18H26N2O3/c1-22-16-6-3-5-15(18(16)23-2)14-8-10-19(13-14)11-12-20-9-4-7-17(20)21/h3,5-6,14H,4,7-13H2,1-2H3/t14-/m1/s1. The summed E-state index contributed by atoms with van der Waals surface area (Å²) in [6, 6.07) is 6.11. The zero-order chi connectivity index (χ0) is 16.2. The van der Waals surface area contributed by atoms with E-state index in [0.29, 0.717) is 11.8 Å². The molecule has 5 nitrogen and oxygen atoms in total. The Kier molecular flexibility index (Phi) is 5.06. The Morgan fingerprint density at radius 1 is 1.17 bits per heavy atom. The van der Waals surface area contributed by atoms with E-state index in [2.05, 4.69) is 11.0 Å². The lowest BCUT2D eigenvalue weighted by atomic mass is 9.97. The fourth-order valence-electron chi connectivity index (χ4n) is 3.73. The number of methoxy groups -OCH3 is 2. The number of carbonyl (C=O) groups excluding carboxylic acids is 1. The van der Waals surface area contributed by atoms with Gasteiger partial charge in [0.25, 0.3) is 0 Å². The molecule has 1 aromatic rings. The number of hydrogen-bond acceptors (Lipinski definition) is 4. The van der Waals surface area contributed by atoms with Crippen molar-refractivity contribution in [1.82, 2.24) is 9.80 Å². The van der Waals surface area contributed by atoms with Gasteiger partial charge in [-0.05, 0) is 25.5 Å². The van der Waals surface area contributed by atoms with Crippen molar-refractivity contribution in [2.24, 2.45) is 0 Å². The van der Waals surface area contributed by atoms with Crippen molar-refractivity contribution >= 4 is 5.91 Å². The van der Waals surface area contributed by atoms with Crippen molar-refractivity contribution in [3.63, 3.8) is 0 Å². The molecule has 2 aliphatic rings. The first kappa shape index (κ1) is 16.1. The second-order valence-corrected chi connectivity index (χ2v) is 6.35. The van der Waals surface area contributed by atoms with Crippen molar-refractivity contribution in [3.05, 3.63) is 23.8 Å². The monoisotopic (exact) mass is 318 g/mol. The van der Waals surface area contributed by atoms with E-state index in [9.17, 15) is 4.79 Å². The third kappa shape index (κ3) is 3.44. The molecule has 3 rings (SSSR count). The molecule has 0 spiro atoms. The SMILES string of the molecule is COc1cccc([C@@H]2CCN(CCN3CCCC3=O)C2)c1OC. The molecule has 23 heavy (non-hydrogen) atoms. The molecule has 1 aromatic carbocycles. The lowest BCUT2D eigenvalue weighted by Crippen LogP contribution is -2.34. The van der Waals surface area contributed by atoms with Crippen LogP contribution in [0.15, 0.2) is 18.2 Å². The second kappa shape index (κ2) is 7.21. The highest BCUT2D eigenvalue weighted by atomic mass is 16.5. The normalized spacial score (nSPS) is 21.9. The first-order valence-electron chi connectivity index (χ1n) is 8.44. The molecule has 0 aromatic heterocycles. The smallest absolute Gasteiger partial charge is 0.222 e. The Labute approximate surface area is 138 Å². The number of rotatable bonds is 6. The molecule has 0 saturated carbocycles. The number of likely N-dealkylation sites (tertiary alicyclic amines) is 2. The quantitative estimate of drug-likeness (QED) is 0.806. The Morgan fingerprint density at radius 3 is 2.74 bits per heavy atom. The summed E-state index contributed by atoms with van der Waals surface area (Å²) in [6.07, 6.45) is 2.86. The minimum absolute atomic E-state index is 0.315. The van der Waals surface area contributed by atoms with Crippen LogP contribution in [0.25, 0.3) is 0 Å². The number of para-hydroxylation sites is 1. The molecule has 1 atom stereocenters. The van der Waals surface area contributed by atoms with E-state index < -0.39 is 0 Å². The maximum atomic E-state index is 11.7. The van der Waals surface area contributed by atoms with Crippen LogP contribution in [-0.2, 0) is 4.79 Å². The molecule has 0 bridgehead atoms. The van der Waals surface area contributed by atoms with Crippen molar-refractivity contribution in [1.29, 1.82) is 0 Å². The van der Waals surface area contributed by atoms with Gasteiger partial charge >= 0.3 is 0 Å². The highest BCUT2D eigenvalue weighted by Gasteiger charge is 2.28. The number of benzene rings is 1. The van der Waals surface area contributed by atoms with E-state index >= 15 is 0 Å². The summed E-state index contributed by atoms with van der Waals surface area (Å²) in [5.74, 6) is 2.44. The van der Waals surface area contributed by atoms with Gasteiger partial charge in [-0.3, -0.25) is 4.79 Å². The maximum absolute atomic E-state index is 11.7. The number of amides is 1. The number of hydrogen-bond donors (Lipinski definition) is 0. The third-order valence-electron chi connectivity index (χ3n) is 5.00. The second-order valence-electron chi connectivity index (χ2n) is 6.35. The predicted molar refractivity (Wildman–Crippen MR) is 89.2 cm³/mol. The highest BCUT2D eigenvalue weighted by Crippen LogP contribution is 2.39. The van der Waals surface area contributed by atoms with Gasteiger partial charge in [0.2, 0.25) is 5.91 Å². The molecule has 2 aliphatic heterocycles. The Hall–Kier alpha value is -1.75. The maximum Gasteiger partial charge on any atom is 0.222 e. The molecule has 1 amide bonds.